The Labute approximate surface area is 161 Å². The number of aromatic amines is 1. The van der Waals surface area contributed by atoms with E-state index in [9.17, 15) is 27.9 Å². The van der Waals surface area contributed by atoms with E-state index in [0.717, 1.165) is 12.1 Å². The van der Waals surface area contributed by atoms with Crippen LogP contribution in [-0.2, 0) is 6.18 Å². The maximum Gasteiger partial charge on any atom is 0.416 e. The number of nitrogens with one attached hydrogen (secondary N) is 1. The lowest BCUT2D eigenvalue weighted by molar-refractivity contribution is -0.137. The molecule has 28 heavy (non-hydrogen) atoms. The lowest BCUT2D eigenvalue weighted by Gasteiger charge is -2.29. The molecule has 2 unspecified atom stereocenters. The van der Waals surface area contributed by atoms with Crippen molar-refractivity contribution in [1.82, 2.24) is 4.98 Å². The van der Waals surface area contributed by atoms with Gasteiger partial charge in [-0.1, -0.05) is 23.7 Å². The summed E-state index contributed by atoms with van der Waals surface area (Å²) in [6, 6.07) is 8.88. The van der Waals surface area contributed by atoms with E-state index >= 15 is 0 Å². The SMILES string of the molecule is O=C1CC(c2ccc(C(F)(F)F)cc2)C(O)c2[nH]c3ccc(Cl)cc3c(=O)c21. The molecule has 0 amide bonds. The number of Topliss-reactive ketones (excluding diaryl/α,β-unsaturated/α-hetero) is 1. The van der Waals surface area contributed by atoms with Crippen LogP contribution in [0.1, 0.15) is 45.6 Å². The zero-order valence-corrected chi connectivity index (χ0v) is 14.9. The Morgan fingerprint density at radius 2 is 1.75 bits per heavy atom. The van der Waals surface area contributed by atoms with Gasteiger partial charge in [0, 0.05) is 28.3 Å². The van der Waals surface area contributed by atoms with E-state index in [2.05, 4.69) is 4.98 Å². The van der Waals surface area contributed by atoms with Crippen molar-refractivity contribution in [3.05, 3.63) is 80.1 Å². The Morgan fingerprint density at radius 3 is 2.39 bits per heavy atom. The smallest absolute Gasteiger partial charge is 0.386 e. The highest BCUT2D eigenvalue weighted by Crippen LogP contribution is 2.40. The summed E-state index contributed by atoms with van der Waals surface area (Å²) in [5.74, 6) is -1.24. The number of rotatable bonds is 1. The Morgan fingerprint density at radius 1 is 1.07 bits per heavy atom. The average molecular weight is 408 g/mol. The lowest BCUT2D eigenvalue weighted by Crippen LogP contribution is -2.31. The van der Waals surface area contributed by atoms with Crippen molar-refractivity contribution in [2.24, 2.45) is 0 Å². The normalized spacial score (nSPS) is 19.7. The molecule has 144 valence electrons. The fourth-order valence-electron chi connectivity index (χ4n) is 3.61. The molecule has 4 rings (SSSR count). The van der Waals surface area contributed by atoms with Gasteiger partial charge in [-0.2, -0.15) is 13.2 Å². The molecular weight excluding hydrogens is 395 g/mol. The zero-order valence-electron chi connectivity index (χ0n) is 14.2. The molecule has 0 bridgehead atoms. The van der Waals surface area contributed by atoms with Crippen LogP contribution in [0, 0.1) is 0 Å². The van der Waals surface area contributed by atoms with Crippen LogP contribution >= 0.6 is 11.6 Å². The van der Waals surface area contributed by atoms with E-state index in [4.69, 9.17) is 11.6 Å². The first kappa shape index (κ1) is 18.7. The van der Waals surface area contributed by atoms with Gasteiger partial charge in [0.25, 0.3) is 0 Å². The number of alkyl halides is 3. The van der Waals surface area contributed by atoms with Crippen LogP contribution in [0.15, 0.2) is 47.3 Å². The first-order valence-corrected chi connectivity index (χ1v) is 8.78. The van der Waals surface area contributed by atoms with Gasteiger partial charge in [0.2, 0.25) is 5.43 Å². The van der Waals surface area contributed by atoms with Crippen molar-refractivity contribution in [2.45, 2.75) is 24.6 Å². The molecule has 0 fully saturated rings. The Kier molecular flexibility index (Phi) is 4.32. The number of hydrogen-bond acceptors (Lipinski definition) is 3. The Hall–Kier alpha value is -2.64. The van der Waals surface area contributed by atoms with Crippen LogP contribution in [-0.4, -0.2) is 15.9 Å². The van der Waals surface area contributed by atoms with Crippen LogP contribution in [0.25, 0.3) is 10.9 Å². The van der Waals surface area contributed by atoms with Crippen molar-refractivity contribution >= 4 is 28.3 Å². The standard InChI is InChI=1S/C20H13ClF3NO3/c21-11-5-6-14-13(7-11)18(27)16-15(26)8-12(19(28)17(16)25-14)9-1-3-10(4-2-9)20(22,23)24/h1-7,12,19,28H,8H2,(H,25,27). The number of H-pyrrole nitrogens is 1. The fourth-order valence-corrected chi connectivity index (χ4v) is 3.78. The summed E-state index contributed by atoms with van der Waals surface area (Å²) in [6.07, 6.45) is -5.90. The second kappa shape index (κ2) is 6.46. The summed E-state index contributed by atoms with van der Waals surface area (Å²) in [6.45, 7) is 0. The number of aliphatic hydroxyl groups is 1. The maximum absolute atomic E-state index is 12.8. The number of carbonyl (C=O) groups is 1. The number of benzene rings is 2. The van der Waals surface area contributed by atoms with Crippen LogP contribution in [0.3, 0.4) is 0 Å². The topological polar surface area (TPSA) is 70.2 Å². The van der Waals surface area contributed by atoms with E-state index in [0.29, 0.717) is 16.1 Å². The highest BCUT2D eigenvalue weighted by Gasteiger charge is 2.37. The van der Waals surface area contributed by atoms with E-state index in [-0.39, 0.29) is 23.1 Å². The molecule has 0 aliphatic heterocycles. The second-order valence-electron chi connectivity index (χ2n) is 6.73. The minimum Gasteiger partial charge on any atom is -0.386 e. The molecule has 0 spiro atoms. The third kappa shape index (κ3) is 3.00. The quantitative estimate of drug-likeness (QED) is 0.619. The van der Waals surface area contributed by atoms with Gasteiger partial charge in [0.05, 0.1) is 16.8 Å². The molecule has 2 aromatic carbocycles. The van der Waals surface area contributed by atoms with Crippen LogP contribution in [0.4, 0.5) is 13.2 Å². The van der Waals surface area contributed by atoms with Crippen molar-refractivity contribution in [3.8, 4) is 0 Å². The summed E-state index contributed by atoms with van der Waals surface area (Å²) < 4.78 is 38.3. The highest BCUT2D eigenvalue weighted by atomic mass is 35.5. The van der Waals surface area contributed by atoms with Gasteiger partial charge in [-0.05, 0) is 35.9 Å². The van der Waals surface area contributed by atoms with Gasteiger partial charge < -0.3 is 10.1 Å². The van der Waals surface area contributed by atoms with Crippen molar-refractivity contribution < 1.29 is 23.1 Å². The van der Waals surface area contributed by atoms with E-state index in [1.54, 1.807) is 12.1 Å². The molecule has 0 saturated heterocycles. The van der Waals surface area contributed by atoms with Crippen molar-refractivity contribution in [2.75, 3.05) is 0 Å². The van der Waals surface area contributed by atoms with Crippen LogP contribution < -0.4 is 5.43 Å². The number of halogens is 4. The molecule has 4 nitrogen and oxygen atoms in total. The van der Waals surface area contributed by atoms with Crippen LogP contribution in [0.2, 0.25) is 5.02 Å². The Balaban J connectivity index is 1.81. The molecule has 1 aliphatic carbocycles. The fraction of sp³-hybridized carbons (Fsp3) is 0.200. The molecular formula is C20H13ClF3NO3. The van der Waals surface area contributed by atoms with E-state index in [1.165, 1.54) is 18.2 Å². The summed E-state index contributed by atoms with van der Waals surface area (Å²) in [4.78, 5) is 28.3. The summed E-state index contributed by atoms with van der Waals surface area (Å²) in [7, 11) is 0. The number of fused-ring (bicyclic) bond motifs is 2. The first-order valence-electron chi connectivity index (χ1n) is 8.40. The predicted molar refractivity (Wildman–Crippen MR) is 97.7 cm³/mol. The number of pyridine rings is 1. The molecule has 0 saturated carbocycles. The first-order chi connectivity index (χ1) is 13.2. The van der Waals surface area contributed by atoms with E-state index < -0.39 is 35.0 Å². The van der Waals surface area contributed by atoms with Crippen molar-refractivity contribution in [3.63, 3.8) is 0 Å². The van der Waals surface area contributed by atoms with Crippen LogP contribution in [0.5, 0.6) is 0 Å². The molecule has 1 aromatic heterocycles. The minimum atomic E-state index is -4.47. The summed E-state index contributed by atoms with van der Waals surface area (Å²) in [5, 5.41) is 11.4. The monoisotopic (exact) mass is 407 g/mol. The van der Waals surface area contributed by atoms with Gasteiger partial charge in [0.1, 0.15) is 6.10 Å². The van der Waals surface area contributed by atoms with Gasteiger partial charge in [0.15, 0.2) is 5.78 Å². The third-order valence-electron chi connectivity index (χ3n) is 5.02. The Bertz CT molecular complexity index is 1150. The molecule has 1 aliphatic rings. The zero-order chi connectivity index (χ0) is 20.2. The van der Waals surface area contributed by atoms with Gasteiger partial charge in [-0.15, -0.1) is 0 Å². The minimum absolute atomic E-state index is 0.0703. The van der Waals surface area contributed by atoms with Gasteiger partial charge in [-0.25, -0.2) is 0 Å². The molecule has 0 radical (unpaired) electrons. The van der Waals surface area contributed by atoms with Gasteiger partial charge >= 0.3 is 6.18 Å². The highest BCUT2D eigenvalue weighted by molar-refractivity contribution is 6.31. The van der Waals surface area contributed by atoms with Gasteiger partial charge in [-0.3, -0.25) is 9.59 Å². The molecule has 2 atom stereocenters. The molecule has 2 N–H and O–H groups in total. The predicted octanol–water partition coefficient (Wildman–Crippen LogP) is 4.60. The third-order valence-corrected chi connectivity index (χ3v) is 5.25. The average Bonchev–Trinajstić information content (AvgIpc) is 2.64. The number of aromatic nitrogens is 1. The van der Waals surface area contributed by atoms with Crippen molar-refractivity contribution in [1.29, 1.82) is 0 Å². The summed E-state index contributed by atoms with van der Waals surface area (Å²) in [5.41, 5.74) is -0.609. The number of hydrogen-bond donors (Lipinski definition) is 2. The summed E-state index contributed by atoms with van der Waals surface area (Å²) >= 11 is 5.92. The number of aliphatic hydroxyl groups excluding tert-OH is 1. The second-order valence-corrected chi connectivity index (χ2v) is 7.17. The molecule has 3 aromatic rings. The molecule has 1 heterocycles. The van der Waals surface area contributed by atoms with E-state index in [1.807, 2.05) is 0 Å². The maximum atomic E-state index is 12.8. The number of ketones is 1. The largest absolute Gasteiger partial charge is 0.416 e. The number of carbonyl (C=O) groups excluding carboxylic acids is 1. The lowest BCUT2D eigenvalue weighted by atomic mass is 9.79. The molecule has 8 heteroatoms.